The number of likely N-dealkylation sites (tertiary alicyclic amines) is 1. The molecule has 1 aliphatic rings. The van der Waals surface area contributed by atoms with E-state index in [0.29, 0.717) is 12.5 Å². The molecular weight excluding hydrogens is 415 g/mol. The summed E-state index contributed by atoms with van der Waals surface area (Å²) in [5, 5.41) is 0. The highest BCUT2D eigenvalue weighted by Crippen LogP contribution is 2.26. The van der Waals surface area contributed by atoms with Crippen molar-refractivity contribution < 1.29 is 9.18 Å². The quantitative estimate of drug-likeness (QED) is 0.437. The number of hydrogen-bond acceptors (Lipinski definition) is 3. The number of para-hydroxylation sites is 2. The van der Waals surface area contributed by atoms with Crippen molar-refractivity contribution in [3.8, 4) is 5.69 Å². The number of carbonyl (C=O) groups excluding carboxylic acids is 1. The van der Waals surface area contributed by atoms with Crippen LogP contribution < -0.4 is 0 Å². The Hall–Kier alpha value is -2.73. The molecule has 1 aromatic heterocycles. The molecule has 5 nitrogen and oxygen atoms in total. The Balaban J connectivity index is 1.46. The maximum Gasteiger partial charge on any atom is 0.225 e. The standard InChI is InChI=1S/C27H35FN4O/c1-3-5-17-31(16-4-2)27(33)21-14-18-30(19-15-21)20-26-29-24-8-6-7-9-25(24)32(26)23-12-10-22(28)11-13-23/h6-13,21H,3-5,14-20H2,1-2H3. The van der Waals surface area contributed by atoms with E-state index in [2.05, 4.69) is 34.3 Å². The molecular formula is C27H35FN4O. The van der Waals surface area contributed by atoms with Crippen LogP contribution >= 0.6 is 0 Å². The molecule has 1 fully saturated rings. The minimum absolute atomic E-state index is 0.126. The molecule has 0 unspecified atom stereocenters. The third-order valence-electron chi connectivity index (χ3n) is 6.60. The van der Waals surface area contributed by atoms with Crippen LogP contribution in [0.2, 0.25) is 0 Å². The smallest absolute Gasteiger partial charge is 0.225 e. The highest BCUT2D eigenvalue weighted by atomic mass is 19.1. The topological polar surface area (TPSA) is 41.4 Å². The fourth-order valence-corrected chi connectivity index (χ4v) is 4.81. The Morgan fingerprint density at radius 3 is 2.45 bits per heavy atom. The number of piperidine rings is 1. The molecule has 0 N–H and O–H groups in total. The van der Waals surface area contributed by atoms with Gasteiger partial charge in [-0.05, 0) is 75.2 Å². The van der Waals surface area contributed by atoms with Gasteiger partial charge in [-0.2, -0.15) is 0 Å². The Morgan fingerprint density at radius 1 is 1.03 bits per heavy atom. The number of unbranched alkanes of at least 4 members (excludes halogenated alkanes) is 1. The number of imidazole rings is 1. The van der Waals surface area contributed by atoms with E-state index in [-0.39, 0.29) is 11.7 Å². The molecule has 176 valence electrons. The van der Waals surface area contributed by atoms with Crippen molar-refractivity contribution in [2.75, 3.05) is 26.2 Å². The van der Waals surface area contributed by atoms with E-state index in [1.54, 1.807) is 12.1 Å². The van der Waals surface area contributed by atoms with E-state index in [4.69, 9.17) is 4.98 Å². The lowest BCUT2D eigenvalue weighted by Crippen LogP contribution is -2.43. The van der Waals surface area contributed by atoms with E-state index >= 15 is 0 Å². The molecule has 0 radical (unpaired) electrons. The summed E-state index contributed by atoms with van der Waals surface area (Å²) in [6.07, 6.45) is 4.98. The van der Waals surface area contributed by atoms with E-state index < -0.39 is 0 Å². The SMILES string of the molecule is CCCCN(CCC)C(=O)C1CCN(Cc2nc3ccccc3n2-c2ccc(F)cc2)CC1. The van der Waals surface area contributed by atoms with Crippen molar-refractivity contribution in [2.24, 2.45) is 5.92 Å². The van der Waals surface area contributed by atoms with E-state index in [0.717, 1.165) is 80.8 Å². The van der Waals surface area contributed by atoms with Crippen LogP contribution in [0.1, 0.15) is 51.8 Å². The molecule has 3 aromatic rings. The summed E-state index contributed by atoms with van der Waals surface area (Å²) in [6.45, 7) is 8.54. The number of fused-ring (bicyclic) bond motifs is 1. The molecule has 33 heavy (non-hydrogen) atoms. The summed E-state index contributed by atoms with van der Waals surface area (Å²) in [4.78, 5) is 22.5. The summed E-state index contributed by atoms with van der Waals surface area (Å²) in [7, 11) is 0. The van der Waals surface area contributed by atoms with Crippen LogP contribution in [0.5, 0.6) is 0 Å². The molecule has 1 amide bonds. The minimum atomic E-state index is -0.243. The molecule has 6 heteroatoms. The summed E-state index contributed by atoms with van der Waals surface area (Å²) in [5.74, 6) is 1.17. The van der Waals surface area contributed by atoms with E-state index in [1.807, 2.05) is 18.2 Å². The second-order valence-corrected chi connectivity index (χ2v) is 9.06. The first-order valence-electron chi connectivity index (χ1n) is 12.3. The number of nitrogens with zero attached hydrogens (tertiary/aromatic N) is 4. The zero-order valence-electron chi connectivity index (χ0n) is 19.8. The molecule has 2 heterocycles. The van der Waals surface area contributed by atoms with Gasteiger partial charge < -0.3 is 4.90 Å². The fraction of sp³-hybridized carbons (Fsp3) is 0.481. The number of amides is 1. The largest absolute Gasteiger partial charge is 0.342 e. The molecule has 0 spiro atoms. The van der Waals surface area contributed by atoms with Crippen LogP contribution in [-0.2, 0) is 11.3 Å². The third kappa shape index (κ3) is 5.44. The van der Waals surface area contributed by atoms with Crippen molar-refractivity contribution in [3.63, 3.8) is 0 Å². The van der Waals surface area contributed by atoms with Gasteiger partial charge in [-0.25, -0.2) is 9.37 Å². The first-order valence-corrected chi connectivity index (χ1v) is 12.3. The lowest BCUT2D eigenvalue weighted by Gasteiger charge is -2.34. The lowest BCUT2D eigenvalue weighted by atomic mass is 9.95. The fourth-order valence-electron chi connectivity index (χ4n) is 4.81. The lowest BCUT2D eigenvalue weighted by molar-refractivity contribution is -0.137. The molecule has 0 atom stereocenters. The zero-order valence-corrected chi connectivity index (χ0v) is 19.8. The number of hydrogen-bond donors (Lipinski definition) is 0. The molecule has 1 aliphatic heterocycles. The Labute approximate surface area is 196 Å². The van der Waals surface area contributed by atoms with Gasteiger partial charge in [0.05, 0.1) is 17.6 Å². The van der Waals surface area contributed by atoms with Crippen molar-refractivity contribution >= 4 is 16.9 Å². The number of benzene rings is 2. The Bertz CT molecular complexity index is 1050. The monoisotopic (exact) mass is 450 g/mol. The van der Waals surface area contributed by atoms with E-state index in [1.165, 1.54) is 12.1 Å². The number of halogens is 1. The molecule has 1 saturated heterocycles. The second-order valence-electron chi connectivity index (χ2n) is 9.06. The third-order valence-corrected chi connectivity index (χ3v) is 6.60. The minimum Gasteiger partial charge on any atom is -0.342 e. The Morgan fingerprint density at radius 2 is 1.76 bits per heavy atom. The van der Waals surface area contributed by atoms with Gasteiger partial charge in [0, 0.05) is 24.7 Å². The van der Waals surface area contributed by atoms with Crippen molar-refractivity contribution in [1.82, 2.24) is 19.4 Å². The van der Waals surface area contributed by atoms with Gasteiger partial charge in [-0.15, -0.1) is 0 Å². The van der Waals surface area contributed by atoms with Crippen molar-refractivity contribution in [3.05, 3.63) is 60.2 Å². The van der Waals surface area contributed by atoms with Crippen LogP contribution in [0, 0.1) is 11.7 Å². The number of carbonyl (C=O) groups is 1. The average molecular weight is 451 g/mol. The predicted octanol–water partition coefficient (Wildman–Crippen LogP) is 5.42. The molecule has 0 aliphatic carbocycles. The summed E-state index contributed by atoms with van der Waals surface area (Å²) in [6, 6.07) is 14.7. The highest BCUT2D eigenvalue weighted by molar-refractivity contribution is 5.79. The average Bonchev–Trinajstić information content (AvgIpc) is 3.20. The predicted molar refractivity (Wildman–Crippen MR) is 131 cm³/mol. The summed E-state index contributed by atoms with van der Waals surface area (Å²) < 4.78 is 15.7. The molecule has 2 aromatic carbocycles. The summed E-state index contributed by atoms with van der Waals surface area (Å²) in [5.41, 5.74) is 2.87. The maximum atomic E-state index is 13.5. The van der Waals surface area contributed by atoms with Crippen molar-refractivity contribution in [1.29, 1.82) is 0 Å². The molecule has 4 rings (SSSR count). The van der Waals surface area contributed by atoms with E-state index in [9.17, 15) is 9.18 Å². The van der Waals surface area contributed by atoms with Gasteiger partial charge in [0.1, 0.15) is 11.6 Å². The van der Waals surface area contributed by atoms with Gasteiger partial charge in [-0.1, -0.05) is 32.4 Å². The maximum absolute atomic E-state index is 13.5. The van der Waals surface area contributed by atoms with Gasteiger partial charge in [-0.3, -0.25) is 14.3 Å². The summed E-state index contributed by atoms with van der Waals surface area (Å²) >= 11 is 0. The second kappa shape index (κ2) is 10.9. The van der Waals surface area contributed by atoms with Crippen LogP contribution in [-0.4, -0.2) is 51.4 Å². The van der Waals surface area contributed by atoms with Crippen LogP contribution in [0.15, 0.2) is 48.5 Å². The highest BCUT2D eigenvalue weighted by Gasteiger charge is 2.29. The number of rotatable bonds is 9. The van der Waals surface area contributed by atoms with Gasteiger partial charge in [0.2, 0.25) is 5.91 Å². The molecule has 0 saturated carbocycles. The van der Waals surface area contributed by atoms with Crippen LogP contribution in [0.25, 0.3) is 16.7 Å². The Kier molecular flexibility index (Phi) is 7.76. The molecule has 0 bridgehead atoms. The van der Waals surface area contributed by atoms with Crippen LogP contribution in [0.4, 0.5) is 4.39 Å². The van der Waals surface area contributed by atoms with Crippen LogP contribution in [0.3, 0.4) is 0 Å². The number of aromatic nitrogens is 2. The van der Waals surface area contributed by atoms with Gasteiger partial charge in [0.15, 0.2) is 0 Å². The first kappa shape index (κ1) is 23.4. The van der Waals surface area contributed by atoms with Gasteiger partial charge in [0.25, 0.3) is 0 Å². The first-order chi connectivity index (χ1) is 16.1. The normalized spacial score (nSPS) is 15.2. The zero-order chi connectivity index (χ0) is 23.2. The van der Waals surface area contributed by atoms with Gasteiger partial charge >= 0.3 is 0 Å². The van der Waals surface area contributed by atoms with Crippen molar-refractivity contribution in [2.45, 2.75) is 52.5 Å².